The van der Waals surface area contributed by atoms with Crippen LogP contribution in [0.5, 0.6) is 0 Å². The standard InChI is InChI=1S/C10H12N2O2/c1-2-9(10(13)14)12-7-8-4-3-5-11-6-8/h3-7,9H,2H2,1H3,(H,13,14). The molecule has 0 amide bonds. The number of carboxylic acid groups (broad SMARTS) is 1. The van der Waals surface area contributed by atoms with Crippen LogP contribution in [0.1, 0.15) is 18.9 Å². The van der Waals surface area contributed by atoms with Gasteiger partial charge in [0.05, 0.1) is 0 Å². The second-order valence-electron chi connectivity index (χ2n) is 2.83. The molecule has 1 unspecified atom stereocenters. The van der Waals surface area contributed by atoms with E-state index < -0.39 is 12.0 Å². The van der Waals surface area contributed by atoms with Crippen molar-refractivity contribution in [3.05, 3.63) is 30.1 Å². The van der Waals surface area contributed by atoms with Crippen LogP contribution in [-0.4, -0.2) is 28.3 Å². The minimum Gasteiger partial charge on any atom is -0.480 e. The molecule has 0 radical (unpaired) electrons. The molecule has 0 aliphatic carbocycles. The number of hydrogen-bond donors (Lipinski definition) is 1. The van der Waals surface area contributed by atoms with E-state index in [2.05, 4.69) is 9.98 Å². The van der Waals surface area contributed by atoms with Crippen LogP contribution in [0.3, 0.4) is 0 Å². The number of carboxylic acids is 1. The first kappa shape index (κ1) is 10.4. The van der Waals surface area contributed by atoms with Crippen molar-refractivity contribution in [2.24, 2.45) is 4.99 Å². The van der Waals surface area contributed by atoms with E-state index in [1.807, 2.05) is 6.07 Å². The summed E-state index contributed by atoms with van der Waals surface area (Å²) in [6.07, 6.45) is 5.32. The summed E-state index contributed by atoms with van der Waals surface area (Å²) in [5.41, 5.74) is 0.812. The van der Waals surface area contributed by atoms with Gasteiger partial charge in [-0.05, 0) is 12.5 Å². The highest BCUT2D eigenvalue weighted by atomic mass is 16.4. The molecule has 0 fully saturated rings. The normalized spacial score (nSPS) is 12.9. The number of nitrogens with zero attached hydrogens (tertiary/aromatic N) is 2. The predicted molar refractivity (Wildman–Crippen MR) is 53.5 cm³/mol. The zero-order valence-corrected chi connectivity index (χ0v) is 7.92. The molecule has 0 aromatic carbocycles. The van der Waals surface area contributed by atoms with Gasteiger partial charge in [0.2, 0.25) is 0 Å². The Morgan fingerprint density at radius 1 is 1.79 bits per heavy atom. The van der Waals surface area contributed by atoms with E-state index >= 15 is 0 Å². The van der Waals surface area contributed by atoms with Crippen molar-refractivity contribution in [2.75, 3.05) is 0 Å². The van der Waals surface area contributed by atoms with Crippen molar-refractivity contribution in [2.45, 2.75) is 19.4 Å². The van der Waals surface area contributed by atoms with E-state index in [0.717, 1.165) is 5.56 Å². The number of aliphatic carboxylic acids is 1. The molecular weight excluding hydrogens is 180 g/mol. The Morgan fingerprint density at radius 3 is 3.07 bits per heavy atom. The molecule has 0 saturated carbocycles. The number of aromatic nitrogens is 1. The van der Waals surface area contributed by atoms with Gasteiger partial charge in [-0.1, -0.05) is 13.0 Å². The van der Waals surface area contributed by atoms with E-state index in [9.17, 15) is 4.79 Å². The summed E-state index contributed by atoms with van der Waals surface area (Å²) in [6.45, 7) is 1.79. The number of carbonyl (C=O) groups is 1. The molecule has 0 spiro atoms. The molecule has 1 heterocycles. The average Bonchev–Trinajstić information content (AvgIpc) is 2.20. The number of hydrogen-bond acceptors (Lipinski definition) is 3. The summed E-state index contributed by atoms with van der Waals surface area (Å²) >= 11 is 0. The zero-order valence-electron chi connectivity index (χ0n) is 7.92. The highest BCUT2D eigenvalue weighted by Crippen LogP contribution is 1.98. The summed E-state index contributed by atoms with van der Waals surface area (Å²) in [4.78, 5) is 18.5. The van der Waals surface area contributed by atoms with Gasteiger partial charge in [0.1, 0.15) is 6.04 Å². The average molecular weight is 192 g/mol. The topological polar surface area (TPSA) is 62.5 Å². The van der Waals surface area contributed by atoms with E-state index in [1.165, 1.54) is 6.21 Å². The van der Waals surface area contributed by atoms with Crippen LogP contribution in [0, 0.1) is 0 Å². The molecule has 1 rings (SSSR count). The highest BCUT2D eigenvalue weighted by Gasteiger charge is 2.11. The molecule has 1 aromatic heterocycles. The third-order valence-electron chi connectivity index (χ3n) is 1.76. The molecule has 0 bridgehead atoms. The monoisotopic (exact) mass is 192 g/mol. The molecular formula is C10H12N2O2. The third-order valence-corrected chi connectivity index (χ3v) is 1.76. The fourth-order valence-electron chi connectivity index (χ4n) is 0.972. The van der Waals surface area contributed by atoms with Crippen molar-refractivity contribution < 1.29 is 9.90 Å². The molecule has 0 aliphatic heterocycles. The Hall–Kier alpha value is -1.71. The third kappa shape index (κ3) is 2.97. The Kier molecular flexibility index (Phi) is 3.79. The van der Waals surface area contributed by atoms with Crippen LogP contribution >= 0.6 is 0 Å². The predicted octanol–water partition coefficient (Wildman–Crippen LogP) is 1.36. The smallest absolute Gasteiger partial charge is 0.328 e. The van der Waals surface area contributed by atoms with Gasteiger partial charge in [0.15, 0.2) is 0 Å². The summed E-state index contributed by atoms with van der Waals surface area (Å²) < 4.78 is 0. The Balaban J connectivity index is 2.67. The van der Waals surface area contributed by atoms with Gasteiger partial charge >= 0.3 is 5.97 Å². The summed E-state index contributed by atoms with van der Waals surface area (Å²) in [5.74, 6) is -0.896. The Morgan fingerprint density at radius 2 is 2.57 bits per heavy atom. The first-order valence-corrected chi connectivity index (χ1v) is 4.40. The molecule has 1 N–H and O–H groups in total. The lowest BCUT2D eigenvalue weighted by Gasteiger charge is -2.01. The lowest BCUT2D eigenvalue weighted by molar-refractivity contribution is -0.138. The van der Waals surface area contributed by atoms with Crippen LogP contribution in [0.4, 0.5) is 0 Å². The van der Waals surface area contributed by atoms with Gasteiger partial charge < -0.3 is 5.11 Å². The van der Waals surface area contributed by atoms with Crippen LogP contribution in [0.25, 0.3) is 0 Å². The van der Waals surface area contributed by atoms with Gasteiger partial charge in [0.25, 0.3) is 0 Å². The zero-order chi connectivity index (χ0) is 10.4. The van der Waals surface area contributed by atoms with Crippen LogP contribution in [0.15, 0.2) is 29.5 Å². The maximum absolute atomic E-state index is 10.6. The first-order chi connectivity index (χ1) is 6.74. The number of rotatable bonds is 4. The Bertz CT molecular complexity index is 322. The molecule has 14 heavy (non-hydrogen) atoms. The molecule has 1 atom stereocenters. The summed E-state index contributed by atoms with van der Waals surface area (Å²) in [6, 6.07) is 2.95. The second kappa shape index (κ2) is 5.11. The SMILES string of the molecule is CCC(N=Cc1cccnc1)C(=O)O. The van der Waals surface area contributed by atoms with Crippen molar-refractivity contribution in [1.82, 2.24) is 4.98 Å². The van der Waals surface area contributed by atoms with Gasteiger partial charge in [-0.15, -0.1) is 0 Å². The van der Waals surface area contributed by atoms with Gasteiger partial charge in [-0.25, -0.2) is 4.79 Å². The lowest BCUT2D eigenvalue weighted by atomic mass is 10.2. The second-order valence-corrected chi connectivity index (χ2v) is 2.83. The molecule has 4 nitrogen and oxygen atoms in total. The summed E-state index contributed by atoms with van der Waals surface area (Å²) in [7, 11) is 0. The fraction of sp³-hybridized carbons (Fsp3) is 0.300. The molecule has 1 aromatic rings. The van der Waals surface area contributed by atoms with E-state index in [0.29, 0.717) is 6.42 Å². The molecule has 74 valence electrons. The molecule has 4 heteroatoms. The van der Waals surface area contributed by atoms with E-state index in [4.69, 9.17) is 5.11 Å². The van der Waals surface area contributed by atoms with Crippen LogP contribution in [-0.2, 0) is 4.79 Å². The maximum atomic E-state index is 10.6. The maximum Gasteiger partial charge on any atom is 0.328 e. The Labute approximate surface area is 82.3 Å². The van der Waals surface area contributed by atoms with Gasteiger partial charge in [-0.3, -0.25) is 9.98 Å². The number of aliphatic imine (C=N–C) groups is 1. The molecule has 0 aliphatic rings. The van der Waals surface area contributed by atoms with Crippen molar-refractivity contribution in [3.8, 4) is 0 Å². The fourth-order valence-corrected chi connectivity index (χ4v) is 0.972. The minimum atomic E-state index is -0.896. The highest BCUT2D eigenvalue weighted by molar-refractivity contribution is 5.82. The summed E-state index contributed by atoms with van der Waals surface area (Å²) in [5, 5.41) is 8.72. The van der Waals surface area contributed by atoms with Crippen molar-refractivity contribution in [1.29, 1.82) is 0 Å². The van der Waals surface area contributed by atoms with Crippen molar-refractivity contribution >= 4 is 12.2 Å². The van der Waals surface area contributed by atoms with Crippen LogP contribution < -0.4 is 0 Å². The lowest BCUT2D eigenvalue weighted by Crippen LogP contribution is -2.16. The largest absolute Gasteiger partial charge is 0.480 e. The molecule has 0 saturated heterocycles. The quantitative estimate of drug-likeness (QED) is 0.733. The van der Waals surface area contributed by atoms with Gasteiger partial charge in [0, 0.05) is 24.2 Å². The first-order valence-electron chi connectivity index (χ1n) is 4.40. The van der Waals surface area contributed by atoms with E-state index in [-0.39, 0.29) is 0 Å². The van der Waals surface area contributed by atoms with Crippen LogP contribution in [0.2, 0.25) is 0 Å². The van der Waals surface area contributed by atoms with Gasteiger partial charge in [-0.2, -0.15) is 0 Å². The van der Waals surface area contributed by atoms with E-state index in [1.54, 1.807) is 25.4 Å². The number of pyridine rings is 1. The minimum absolute atomic E-state index is 0.492. The van der Waals surface area contributed by atoms with Crippen molar-refractivity contribution in [3.63, 3.8) is 0 Å².